The van der Waals surface area contributed by atoms with Gasteiger partial charge < -0.3 is 14.0 Å². The zero-order chi connectivity index (χ0) is 19.1. The molecule has 9 heteroatoms. The van der Waals surface area contributed by atoms with Crippen LogP contribution in [0.3, 0.4) is 0 Å². The van der Waals surface area contributed by atoms with Gasteiger partial charge in [-0.2, -0.15) is 4.31 Å². The van der Waals surface area contributed by atoms with Gasteiger partial charge in [-0.1, -0.05) is 0 Å². The lowest BCUT2D eigenvalue weighted by atomic mass is 10.1. The summed E-state index contributed by atoms with van der Waals surface area (Å²) in [4.78, 5) is 9.05. The molecule has 0 unspecified atom stereocenters. The number of piperidine rings is 1. The normalized spacial score (nSPS) is 18.4. The minimum atomic E-state index is -3.57. The van der Waals surface area contributed by atoms with Crippen LogP contribution >= 0.6 is 0 Å². The number of imidazole rings is 1. The molecule has 146 valence electrons. The Morgan fingerprint density at radius 1 is 1.00 bits per heavy atom. The summed E-state index contributed by atoms with van der Waals surface area (Å²) in [5, 5.41) is 0. The predicted molar refractivity (Wildman–Crippen MR) is 102 cm³/mol. The van der Waals surface area contributed by atoms with E-state index in [1.165, 1.54) is 0 Å². The molecule has 0 spiro atoms. The average molecular weight is 400 g/mol. The zero-order valence-corrected chi connectivity index (χ0v) is 16.0. The molecule has 0 N–H and O–H groups in total. The summed E-state index contributed by atoms with van der Waals surface area (Å²) in [6, 6.07) is 8.79. The van der Waals surface area contributed by atoms with Crippen molar-refractivity contribution in [1.29, 1.82) is 0 Å². The highest BCUT2D eigenvalue weighted by molar-refractivity contribution is 7.89. The molecule has 0 atom stereocenters. The third-order valence-corrected chi connectivity index (χ3v) is 7.19. The predicted octanol–water partition coefficient (Wildman–Crippen LogP) is 2.23. The Kier molecular flexibility index (Phi) is 4.21. The van der Waals surface area contributed by atoms with Crippen LogP contribution in [0.25, 0.3) is 11.2 Å². The van der Waals surface area contributed by atoms with Gasteiger partial charge in [-0.15, -0.1) is 0 Å². The number of rotatable bonds is 3. The first-order chi connectivity index (χ1) is 13.6. The van der Waals surface area contributed by atoms with E-state index in [-0.39, 0.29) is 10.9 Å². The molecule has 1 fully saturated rings. The number of pyridine rings is 1. The van der Waals surface area contributed by atoms with Crippen molar-refractivity contribution in [3.63, 3.8) is 0 Å². The Bertz CT molecular complexity index is 1120. The van der Waals surface area contributed by atoms with E-state index in [9.17, 15) is 8.42 Å². The minimum Gasteiger partial charge on any atom is -0.486 e. The topological polar surface area (TPSA) is 86.6 Å². The number of sulfonamides is 1. The summed E-state index contributed by atoms with van der Waals surface area (Å²) < 4.78 is 40.8. The van der Waals surface area contributed by atoms with Crippen molar-refractivity contribution >= 4 is 21.2 Å². The summed E-state index contributed by atoms with van der Waals surface area (Å²) >= 11 is 0. The largest absolute Gasteiger partial charge is 0.486 e. The molecular formula is C19H20N4O4S. The summed E-state index contributed by atoms with van der Waals surface area (Å²) in [5.74, 6) is 1.07. The summed E-state index contributed by atoms with van der Waals surface area (Å²) in [6.45, 7) is 1.81. The van der Waals surface area contributed by atoms with E-state index in [0.29, 0.717) is 50.6 Å². The Hall–Kier alpha value is -2.65. The fourth-order valence-electron chi connectivity index (χ4n) is 3.83. The fourth-order valence-corrected chi connectivity index (χ4v) is 5.31. The molecule has 1 saturated heterocycles. The first-order valence-electron chi connectivity index (χ1n) is 9.30. The number of nitrogens with zero attached hydrogens (tertiary/aromatic N) is 4. The SMILES string of the molecule is O=S(=O)(c1ccc2c(c1)OCCO2)N1CCC(n2cnc3cccnc32)CC1. The molecule has 0 radical (unpaired) electrons. The number of benzene rings is 1. The fraction of sp³-hybridized carbons (Fsp3) is 0.368. The second kappa shape index (κ2) is 6.75. The lowest BCUT2D eigenvalue weighted by molar-refractivity contribution is 0.171. The van der Waals surface area contributed by atoms with E-state index < -0.39 is 10.0 Å². The Balaban J connectivity index is 1.34. The summed E-state index contributed by atoms with van der Waals surface area (Å²) in [6.07, 6.45) is 4.98. The van der Waals surface area contributed by atoms with Crippen molar-refractivity contribution in [2.24, 2.45) is 0 Å². The summed E-state index contributed by atoms with van der Waals surface area (Å²) in [7, 11) is -3.57. The van der Waals surface area contributed by atoms with E-state index in [2.05, 4.69) is 14.5 Å². The van der Waals surface area contributed by atoms with Crippen LogP contribution in [0.4, 0.5) is 0 Å². The molecule has 5 rings (SSSR count). The monoisotopic (exact) mass is 400 g/mol. The van der Waals surface area contributed by atoms with Gasteiger partial charge in [0.25, 0.3) is 0 Å². The Morgan fingerprint density at radius 3 is 2.61 bits per heavy atom. The maximum absolute atomic E-state index is 13.1. The second-order valence-corrected chi connectivity index (χ2v) is 8.88. The van der Waals surface area contributed by atoms with Crippen LogP contribution in [0.2, 0.25) is 0 Å². The number of hydrogen-bond acceptors (Lipinski definition) is 6. The van der Waals surface area contributed by atoms with Gasteiger partial charge in [-0.3, -0.25) is 0 Å². The molecule has 1 aromatic carbocycles. The first kappa shape index (κ1) is 17.4. The minimum absolute atomic E-state index is 0.187. The van der Waals surface area contributed by atoms with Crippen LogP contribution in [0.15, 0.2) is 47.8 Å². The molecule has 4 heterocycles. The van der Waals surface area contributed by atoms with E-state index in [1.54, 1.807) is 35.0 Å². The Labute approximate surface area is 162 Å². The van der Waals surface area contributed by atoms with Gasteiger partial charge in [0, 0.05) is 31.4 Å². The van der Waals surface area contributed by atoms with E-state index >= 15 is 0 Å². The molecule has 8 nitrogen and oxygen atoms in total. The third kappa shape index (κ3) is 2.91. The van der Waals surface area contributed by atoms with Crippen LogP contribution in [0.5, 0.6) is 11.5 Å². The second-order valence-electron chi connectivity index (χ2n) is 6.94. The van der Waals surface area contributed by atoms with Crippen LogP contribution in [0, 0.1) is 0 Å². The van der Waals surface area contributed by atoms with Crippen molar-refractivity contribution in [3.8, 4) is 11.5 Å². The molecule has 0 amide bonds. The maximum atomic E-state index is 13.1. The molecular weight excluding hydrogens is 380 g/mol. The van der Waals surface area contributed by atoms with Crippen LogP contribution in [0.1, 0.15) is 18.9 Å². The van der Waals surface area contributed by atoms with E-state index in [1.807, 2.05) is 12.1 Å². The number of ether oxygens (including phenoxy) is 2. The van der Waals surface area contributed by atoms with E-state index in [4.69, 9.17) is 9.47 Å². The lowest BCUT2D eigenvalue weighted by Gasteiger charge is -2.32. The van der Waals surface area contributed by atoms with Crippen molar-refractivity contribution in [2.45, 2.75) is 23.8 Å². The van der Waals surface area contributed by atoms with Gasteiger partial charge in [0.05, 0.1) is 11.2 Å². The van der Waals surface area contributed by atoms with E-state index in [0.717, 1.165) is 11.2 Å². The zero-order valence-electron chi connectivity index (χ0n) is 15.2. The van der Waals surface area contributed by atoms with Crippen molar-refractivity contribution in [1.82, 2.24) is 18.8 Å². The van der Waals surface area contributed by atoms with Crippen LogP contribution < -0.4 is 9.47 Å². The van der Waals surface area contributed by atoms with Crippen LogP contribution in [-0.4, -0.2) is 53.6 Å². The number of fused-ring (bicyclic) bond motifs is 2. The first-order valence-corrected chi connectivity index (χ1v) is 10.7. The molecule has 0 bridgehead atoms. The molecule has 28 heavy (non-hydrogen) atoms. The van der Waals surface area contributed by atoms with Gasteiger partial charge in [0.15, 0.2) is 17.1 Å². The quantitative estimate of drug-likeness (QED) is 0.670. The molecule has 2 aliphatic heterocycles. The third-order valence-electron chi connectivity index (χ3n) is 5.30. The van der Waals surface area contributed by atoms with Gasteiger partial charge >= 0.3 is 0 Å². The molecule has 3 aromatic rings. The van der Waals surface area contributed by atoms with Gasteiger partial charge in [-0.25, -0.2) is 18.4 Å². The summed E-state index contributed by atoms with van der Waals surface area (Å²) in [5.41, 5.74) is 1.70. The van der Waals surface area contributed by atoms with Crippen LogP contribution in [-0.2, 0) is 10.0 Å². The average Bonchev–Trinajstić information content (AvgIpc) is 3.17. The lowest BCUT2D eigenvalue weighted by Crippen LogP contribution is -2.39. The van der Waals surface area contributed by atoms with Crippen molar-refractivity contribution in [3.05, 3.63) is 42.9 Å². The highest BCUT2D eigenvalue weighted by Crippen LogP contribution is 2.34. The standard InChI is InChI=1S/C19H20N4O4S/c24-28(25,15-3-4-17-18(12-15)27-11-10-26-17)22-8-5-14(6-9-22)23-13-21-16-2-1-7-20-19(16)23/h1-4,7,12-14H,5-6,8-11H2. The van der Waals surface area contributed by atoms with Gasteiger partial charge in [0.2, 0.25) is 10.0 Å². The van der Waals surface area contributed by atoms with Gasteiger partial charge in [-0.05, 0) is 37.1 Å². The highest BCUT2D eigenvalue weighted by Gasteiger charge is 2.31. The smallest absolute Gasteiger partial charge is 0.243 e. The number of aromatic nitrogens is 3. The maximum Gasteiger partial charge on any atom is 0.243 e. The Morgan fingerprint density at radius 2 is 1.79 bits per heavy atom. The van der Waals surface area contributed by atoms with Gasteiger partial charge in [0.1, 0.15) is 18.7 Å². The molecule has 0 aliphatic carbocycles. The molecule has 0 saturated carbocycles. The molecule has 2 aliphatic rings. The number of hydrogen-bond donors (Lipinski definition) is 0. The highest BCUT2D eigenvalue weighted by atomic mass is 32.2. The molecule has 2 aromatic heterocycles. The van der Waals surface area contributed by atoms with Crippen molar-refractivity contribution < 1.29 is 17.9 Å². The van der Waals surface area contributed by atoms with Crippen molar-refractivity contribution in [2.75, 3.05) is 26.3 Å².